The molecule has 0 unspecified atom stereocenters. The van der Waals surface area contributed by atoms with Gasteiger partial charge in [0.05, 0.1) is 9.88 Å². The van der Waals surface area contributed by atoms with Crippen molar-refractivity contribution in [2.24, 2.45) is 0 Å². The highest BCUT2D eigenvalue weighted by atomic mass is 35.5. The fraction of sp³-hybridized carbons (Fsp3) is 0.500. The van der Waals surface area contributed by atoms with Gasteiger partial charge >= 0.3 is 0 Å². The SMILES string of the molecule is CCCCCNC(=O)c1ccc(NC(=O)CCl)s1. The molecular formula is C12H17ClN2O2S. The summed E-state index contributed by atoms with van der Waals surface area (Å²) < 4.78 is 0. The second-order valence-corrected chi connectivity index (χ2v) is 5.16. The number of carbonyl (C=O) groups excluding carboxylic acids is 2. The first-order chi connectivity index (χ1) is 8.67. The Morgan fingerprint density at radius 1 is 1.33 bits per heavy atom. The largest absolute Gasteiger partial charge is 0.351 e. The first kappa shape index (κ1) is 15.0. The Kier molecular flexibility index (Phi) is 6.75. The van der Waals surface area contributed by atoms with Crippen LogP contribution in [0.1, 0.15) is 35.9 Å². The minimum atomic E-state index is -0.270. The molecule has 4 nitrogen and oxygen atoms in total. The molecule has 1 aromatic heterocycles. The fourth-order valence-electron chi connectivity index (χ4n) is 1.36. The molecule has 0 aliphatic rings. The predicted molar refractivity (Wildman–Crippen MR) is 75.5 cm³/mol. The van der Waals surface area contributed by atoms with E-state index in [9.17, 15) is 9.59 Å². The van der Waals surface area contributed by atoms with Gasteiger partial charge in [-0.15, -0.1) is 22.9 Å². The molecule has 2 amide bonds. The van der Waals surface area contributed by atoms with Gasteiger partial charge in [-0.1, -0.05) is 19.8 Å². The van der Waals surface area contributed by atoms with Gasteiger partial charge in [0.2, 0.25) is 5.91 Å². The second kappa shape index (κ2) is 8.11. The lowest BCUT2D eigenvalue weighted by molar-refractivity contribution is -0.113. The number of anilines is 1. The van der Waals surface area contributed by atoms with Crippen LogP contribution in [0.3, 0.4) is 0 Å². The summed E-state index contributed by atoms with van der Waals surface area (Å²) in [5, 5.41) is 6.10. The molecule has 0 atom stereocenters. The van der Waals surface area contributed by atoms with Crippen LogP contribution in [0.2, 0.25) is 0 Å². The molecule has 0 saturated heterocycles. The van der Waals surface area contributed by atoms with Gasteiger partial charge in [0.25, 0.3) is 5.91 Å². The molecule has 0 aliphatic heterocycles. The van der Waals surface area contributed by atoms with Gasteiger partial charge in [0.1, 0.15) is 5.88 Å². The topological polar surface area (TPSA) is 58.2 Å². The molecule has 0 saturated carbocycles. The van der Waals surface area contributed by atoms with E-state index in [2.05, 4.69) is 17.6 Å². The highest BCUT2D eigenvalue weighted by Gasteiger charge is 2.09. The van der Waals surface area contributed by atoms with Crippen LogP contribution in [0.5, 0.6) is 0 Å². The molecule has 0 aliphatic carbocycles. The second-order valence-electron chi connectivity index (χ2n) is 3.81. The molecule has 0 spiro atoms. The number of rotatable bonds is 7. The quantitative estimate of drug-likeness (QED) is 0.599. The number of carbonyl (C=O) groups is 2. The molecule has 6 heteroatoms. The van der Waals surface area contributed by atoms with Gasteiger partial charge in [-0.25, -0.2) is 0 Å². The number of amides is 2. The van der Waals surface area contributed by atoms with Crippen LogP contribution in [0, 0.1) is 0 Å². The highest BCUT2D eigenvalue weighted by Crippen LogP contribution is 2.21. The third-order valence-electron chi connectivity index (χ3n) is 2.28. The van der Waals surface area contributed by atoms with Crippen LogP contribution in [-0.2, 0) is 4.79 Å². The lowest BCUT2D eigenvalue weighted by Crippen LogP contribution is -2.23. The third-order valence-corrected chi connectivity index (χ3v) is 3.52. The normalized spacial score (nSPS) is 10.1. The summed E-state index contributed by atoms with van der Waals surface area (Å²) in [6.45, 7) is 2.81. The molecule has 2 N–H and O–H groups in total. The van der Waals surface area contributed by atoms with E-state index in [1.165, 1.54) is 11.3 Å². The van der Waals surface area contributed by atoms with Crippen molar-refractivity contribution in [3.8, 4) is 0 Å². The van der Waals surface area contributed by atoms with Gasteiger partial charge in [0.15, 0.2) is 0 Å². The van der Waals surface area contributed by atoms with Crippen molar-refractivity contribution in [2.75, 3.05) is 17.7 Å². The fourth-order valence-corrected chi connectivity index (χ4v) is 2.27. The van der Waals surface area contributed by atoms with E-state index in [0.29, 0.717) is 16.4 Å². The van der Waals surface area contributed by atoms with Crippen LogP contribution in [0.15, 0.2) is 12.1 Å². The summed E-state index contributed by atoms with van der Waals surface area (Å²) >= 11 is 6.63. The number of nitrogens with one attached hydrogen (secondary N) is 2. The lowest BCUT2D eigenvalue weighted by atomic mass is 10.2. The zero-order chi connectivity index (χ0) is 13.4. The highest BCUT2D eigenvalue weighted by molar-refractivity contribution is 7.18. The van der Waals surface area contributed by atoms with Crippen LogP contribution >= 0.6 is 22.9 Å². The monoisotopic (exact) mass is 288 g/mol. The molecule has 100 valence electrons. The molecule has 1 aromatic rings. The average Bonchev–Trinajstić information content (AvgIpc) is 2.82. The van der Waals surface area contributed by atoms with Crippen molar-refractivity contribution in [2.45, 2.75) is 26.2 Å². The molecule has 0 fully saturated rings. The predicted octanol–water partition coefficient (Wildman–Crippen LogP) is 2.85. The molecule has 0 radical (unpaired) electrons. The molecule has 0 aromatic carbocycles. The van der Waals surface area contributed by atoms with E-state index in [-0.39, 0.29) is 17.7 Å². The standard InChI is InChI=1S/C12H17ClN2O2S/c1-2-3-4-7-14-12(17)9-5-6-11(18-9)15-10(16)8-13/h5-6H,2-4,7-8H2,1H3,(H,14,17)(H,15,16). The van der Waals surface area contributed by atoms with Crippen molar-refractivity contribution in [3.05, 3.63) is 17.0 Å². The van der Waals surface area contributed by atoms with E-state index in [1.807, 2.05) is 0 Å². The summed E-state index contributed by atoms with van der Waals surface area (Å²) in [7, 11) is 0. The summed E-state index contributed by atoms with van der Waals surface area (Å²) in [6.07, 6.45) is 3.23. The summed E-state index contributed by atoms with van der Waals surface area (Å²) in [5.74, 6) is -0.452. The van der Waals surface area contributed by atoms with E-state index < -0.39 is 0 Å². The van der Waals surface area contributed by atoms with Crippen molar-refractivity contribution in [1.82, 2.24) is 5.32 Å². The van der Waals surface area contributed by atoms with Crippen LogP contribution in [0.25, 0.3) is 0 Å². The zero-order valence-electron chi connectivity index (χ0n) is 10.3. The number of hydrogen-bond donors (Lipinski definition) is 2. The average molecular weight is 289 g/mol. The molecule has 1 heterocycles. The number of alkyl halides is 1. The minimum Gasteiger partial charge on any atom is -0.351 e. The van der Waals surface area contributed by atoms with E-state index >= 15 is 0 Å². The van der Waals surface area contributed by atoms with Gasteiger partial charge < -0.3 is 10.6 Å². The van der Waals surface area contributed by atoms with Gasteiger partial charge in [-0.2, -0.15) is 0 Å². The Bertz CT molecular complexity index is 407. The van der Waals surface area contributed by atoms with Crippen molar-refractivity contribution in [3.63, 3.8) is 0 Å². The first-order valence-corrected chi connectivity index (χ1v) is 7.26. The Morgan fingerprint density at radius 3 is 2.78 bits per heavy atom. The Hall–Kier alpha value is -1.07. The molecule has 18 heavy (non-hydrogen) atoms. The van der Waals surface area contributed by atoms with Crippen LogP contribution < -0.4 is 10.6 Å². The molecule has 0 bridgehead atoms. The van der Waals surface area contributed by atoms with Gasteiger partial charge in [-0.3, -0.25) is 9.59 Å². The summed E-state index contributed by atoms with van der Waals surface area (Å²) in [5.41, 5.74) is 0. The smallest absolute Gasteiger partial charge is 0.261 e. The summed E-state index contributed by atoms with van der Waals surface area (Å²) in [4.78, 5) is 23.4. The maximum absolute atomic E-state index is 11.7. The number of thiophene rings is 1. The Morgan fingerprint density at radius 2 is 2.11 bits per heavy atom. The molecule has 1 rings (SSSR count). The van der Waals surface area contributed by atoms with Gasteiger partial charge in [0, 0.05) is 6.54 Å². The Labute approximate surface area is 116 Å². The van der Waals surface area contributed by atoms with Crippen LogP contribution in [-0.4, -0.2) is 24.2 Å². The number of hydrogen-bond acceptors (Lipinski definition) is 3. The Balaban J connectivity index is 2.41. The first-order valence-electron chi connectivity index (χ1n) is 5.91. The maximum atomic E-state index is 11.7. The van der Waals surface area contributed by atoms with Crippen molar-refractivity contribution < 1.29 is 9.59 Å². The molecular weight excluding hydrogens is 272 g/mol. The van der Waals surface area contributed by atoms with Crippen LogP contribution in [0.4, 0.5) is 5.00 Å². The number of unbranched alkanes of at least 4 members (excludes halogenated alkanes) is 2. The van der Waals surface area contributed by atoms with Gasteiger partial charge in [-0.05, 0) is 18.6 Å². The lowest BCUT2D eigenvalue weighted by Gasteiger charge is -2.02. The van der Waals surface area contributed by atoms with E-state index in [0.717, 1.165) is 19.3 Å². The van der Waals surface area contributed by atoms with E-state index in [4.69, 9.17) is 11.6 Å². The van der Waals surface area contributed by atoms with E-state index in [1.54, 1.807) is 12.1 Å². The maximum Gasteiger partial charge on any atom is 0.261 e. The summed E-state index contributed by atoms with van der Waals surface area (Å²) in [6, 6.07) is 3.40. The third kappa shape index (κ3) is 5.06. The zero-order valence-corrected chi connectivity index (χ0v) is 11.9. The van der Waals surface area contributed by atoms with Crippen molar-refractivity contribution >= 4 is 39.8 Å². The minimum absolute atomic E-state index is 0.0869. The number of halogens is 1. The van der Waals surface area contributed by atoms with Crippen molar-refractivity contribution in [1.29, 1.82) is 0 Å².